The van der Waals surface area contributed by atoms with Crippen molar-refractivity contribution in [2.24, 2.45) is 22.7 Å². The van der Waals surface area contributed by atoms with Gasteiger partial charge in [0.25, 0.3) is 0 Å². The molecule has 3 aliphatic rings. The van der Waals surface area contributed by atoms with Gasteiger partial charge in [0.15, 0.2) is 0 Å². The van der Waals surface area contributed by atoms with E-state index in [9.17, 15) is 0 Å². The Kier molecular flexibility index (Phi) is 7.18. The first kappa shape index (κ1) is 25.4. The van der Waals surface area contributed by atoms with Crippen LogP contribution < -0.4 is 5.32 Å². The number of anilines is 1. The molecule has 6 rings (SSSR count). The van der Waals surface area contributed by atoms with Crippen molar-refractivity contribution in [3.05, 3.63) is 35.9 Å². The van der Waals surface area contributed by atoms with Crippen LogP contribution in [0.4, 0.5) is 16.0 Å². The van der Waals surface area contributed by atoms with Gasteiger partial charge in [-0.1, -0.05) is 0 Å². The van der Waals surface area contributed by atoms with Crippen molar-refractivity contribution < 1.29 is 4.39 Å². The molecule has 2 N–H and O–H groups in total. The Labute approximate surface area is 225 Å². The van der Waals surface area contributed by atoms with Crippen LogP contribution in [0.3, 0.4) is 0 Å². The monoisotopic (exact) mass is 517 g/mol. The molecule has 0 spiro atoms. The number of aromatic nitrogens is 3. The topological polar surface area (TPSA) is 72.4 Å². The number of hydrogen-bond acceptors (Lipinski definition) is 6. The van der Waals surface area contributed by atoms with Gasteiger partial charge in [0, 0.05) is 41.5 Å². The highest BCUT2D eigenvalue weighted by molar-refractivity contribution is 5.95. The molecule has 0 unspecified atom stereocenters. The van der Waals surface area contributed by atoms with Crippen molar-refractivity contribution in [3.8, 4) is 11.1 Å². The van der Waals surface area contributed by atoms with E-state index >= 15 is 4.39 Å². The number of piperidine rings is 2. The van der Waals surface area contributed by atoms with Crippen LogP contribution in [0.2, 0.25) is 0 Å². The molecule has 0 saturated carbocycles. The second-order valence-electron chi connectivity index (χ2n) is 11.9. The molecule has 202 valence electrons. The molecule has 8 heteroatoms. The van der Waals surface area contributed by atoms with Crippen LogP contribution in [0.1, 0.15) is 44.6 Å². The predicted molar refractivity (Wildman–Crippen MR) is 153 cm³/mol. The van der Waals surface area contributed by atoms with Gasteiger partial charge in [0.05, 0.1) is 0 Å². The zero-order chi connectivity index (χ0) is 26.2. The molecule has 0 bridgehead atoms. The minimum Gasteiger partial charge on any atom is -0.354 e. The van der Waals surface area contributed by atoms with Gasteiger partial charge in [-0.3, -0.25) is 4.99 Å². The summed E-state index contributed by atoms with van der Waals surface area (Å²) in [4.78, 5) is 22.2. The average Bonchev–Trinajstić information content (AvgIpc) is 3.34. The molecule has 5 heterocycles. The van der Waals surface area contributed by atoms with E-state index in [4.69, 9.17) is 9.98 Å². The van der Waals surface area contributed by atoms with E-state index in [-0.39, 0.29) is 5.82 Å². The Morgan fingerprint density at radius 3 is 2.47 bits per heavy atom. The third-order valence-corrected chi connectivity index (χ3v) is 9.07. The highest BCUT2D eigenvalue weighted by Gasteiger charge is 2.28. The lowest BCUT2D eigenvalue weighted by Crippen LogP contribution is -2.33. The molecule has 2 aromatic heterocycles. The van der Waals surface area contributed by atoms with E-state index in [0.29, 0.717) is 23.5 Å². The fourth-order valence-corrected chi connectivity index (χ4v) is 6.46. The maximum atomic E-state index is 15.3. The van der Waals surface area contributed by atoms with Crippen molar-refractivity contribution in [3.63, 3.8) is 0 Å². The van der Waals surface area contributed by atoms with Crippen molar-refractivity contribution in [2.75, 3.05) is 52.1 Å². The van der Waals surface area contributed by atoms with E-state index in [1.165, 1.54) is 38.8 Å². The Hall–Kier alpha value is -2.84. The standard InChI is InChI=1S/C30H40FN7/c1-19-22(12-20-4-8-37(2)9-5-20)13-24-14-23(15-27(31)28(24)35-19)25-17-32-29-26(25)18-34-30(36-29)33-16-21-6-10-38(3)11-7-21/h14-15,17-18,20-22H,4-13,16H2,1-3H3,(H2,32,33,34,36)/t22-/m0/s1. The molecular weight excluding hydrogens is 477 g/mol. The van der Waals surface area contributed by atoms with Gasteiger partial charge >= 0.3 is 0 Å². The zero-order valence-electron chi connectivity index (χ0n) is 22.9. The number of likely N-dealkylation sites (tertiary alicyclic amines) is 2. The van der Waals surface area contributed by atoms with Gasteiger partial charge in [-0.15, -0.1) is 0 Å². The summed E-state index contributed by atoms with van der Waals surface area (Å²) in [5, 5.41) is 4.34. The fourth-order valence-electron chi connectivity index (χ4n) is 6.46. The number of nitrogens with one attached hydrogen (secondary N) is 2. The van der Waals surface area contributed by atoms with Gasteiger partial charge < -0.3 is 20.1 Å². The van der Waals surface area contributed by atoms with Crippen LogP contribution in [-0.4, -0.2) is 77.3 Å². The summed E-state index contributed by atoms with van der Waals surface area (Å²) >= 11 is 0. The highest BCUT2D eigenvalue weighted by atomic mass is 19.1. The van der Waals surface area contributed by atoms with Crippen molar-refractivity contribution in [1.29, 1.82) is 0 Å². The lowest BCUT2D eigenvalue weighted by Gasteiger charge is -2.32. The summed E-state index contributed by atoms with van der Waals surface area (Å²) in [6.07, 6.45) is 10.7. The number of rotatable bonds is 6. The first-order chi connectivity index (χ1) is 18.4. The Bertz CT molecular complexity index is 1320. The van der Waals surface area contributed by atoms with Gasteiger partial charge in [-0.2, -0.15) is 4.98 Å². The minimum atomic E-state index is -0.249. The van der Waals surface area contributed by atoms with E-state index < -0.39 is 0 Å². The van der Waals surface area contributed by atoms with E-state index in [1.807, 2.05) is 12.4 Å². The van der Waals surface area contributed by atoms with Gasteiger partial charge in [-0.25, -0.2) is 9.37 Å². The highest BCUT2D eigenvalue weighted by Crippen LogP contribution is 2.39. The van der Waals surface area contributed by atoms with Crippen molar-refractivity contribution in [2.45, 2.75) is 45.4 Å². The van der Waals surface area contributed by atoms with Crippen LogP contribution in [-0.2, 0) is 6.42 Å². The minimum absolute atomic E-state index is 0.249. The summed E-state index contributed by atoms with van der Waals surface area (Å²) in [6, 6.07) is 3.74. The summed E-state index contributed by atoms with van der Waals surface area (Å²) in [5.74, 6) is 2.15. The second-order valence-corrected chi connectivity index (χ2v) is 11.9. The van der Waals surface area contributed by atoms with Gasteiger partial charge in [0.1, 0.15) is 17.2 Å². The molecule has 3 aliphatic heterocycles. The fraction of sp³-hybridized carbons (Fsp3) is 0.567. The Balaban J connectivity index is 1.19. The molecule has 1 aromatic carbocycles. The molecule has 0 radical (unpaired) electrons. The summed E-state index contributed by atoms with van der Waals surface area (Å²) < 4.78 is 15.3. The van der Waals surface area contributed by atoms with E-state index in [0.717, 1.165) is 71.8 Å². The van der Waals surface area contributed by atoms with Crippen molar-refractivity contribution >= 4 is 28.4 Å². The third-order valence-electron chi connectivity index (χ3n) is 9.07. The van der Waals surface area contributed by atoms with Crippen LogP contribution in [0.25, 0.3) is 22.2 Å². The number of benzene rings is 1. The molecule has 1 atom stereocenters. The lowest BCUT2D eigenvalue weighted by molar-refractivity contribution is 0.204. The summed E-state index contributed by atoms with van der Waals surface area (Å²) in [7, 11) is 4.38. The normalized spacial score (nSPS) is 22.0. The lowest BCUT2D eigenvalue weighted by atomic mass is 9.80. The smallest absolute Gasteiger partial charge is 0.224 e. The first-order valence-corrected chi connectivity index (χ1v) is 14.3. The number of fused-ring (bicyclic) bond motifs is 2. The number of H-pyrrole nitrogens is 1. The van der Waals surface area contributed by atoms with Crippen LogP contribution in [0.15, 0.2) is 29.5 Å². The molecule has 7 nitrogen and oxygen atoms in total. The SMILES string of the molecule is CC1=Nc2c(F)cc(-c3c[nH]c4nc(NCC5CCN(C)CC5)ncc34)cc2C[C@@H]1CC1CCN(C)CC1. The van der Waals surface area contributed by atoms with Crippen LogP contribution in [0, 0.1) is 23.6 Å². The molecule has 2 saturated heterocycles. The van der Waals surface area contributed by atoms with Crippen LogP contribution >= 0.6 is 0 Å². The molecular formula is C30H40FN7. The summed E-state index contributed by atoms with van der Waals surface area (Å²) in [5.41, 5.74) is 5.16. The molecule has 38 heavy (non-hydrogen) atoms. The largest absolute Gasteiger partial charge is 0.354 e. The second kappa shape index (κ2) is 10.7. The molecule has 3 aromatic rings. The zero-order valence-corrected chi connectivity index (χ0v) is 22.9. The average molecular weight is 518 g/mol. The maximum absolute atomic E-state index is 15.3. The summed E-state index contributed by atoms with van der Waals surface area (Å²) in [6.45, 7) is 7.59. The third kappa shape index (κ3) is 5.34. The predicted octanol–water partition coefficient (Wildman–Crippen LogP) is 5.51. The maximum Gasteiger partial charge on any atom is 0.224 e. The number of aromatic amines is 1. The molecule has 2 fully saturated rings. The van der Waals surface area contributed by atoms with Crippen LogP contribution in [0.5, 0.6) is 0 Å². The quantitative estimate of drug-likeness (QED) is 0.451. The number of halogens is 1. The number of aliphatic imine (C=N–C) groups is 1. The molecule has 0 amide bonds. The van der Waals surface area contributed by atoms with E-state index in [2.05, 4.69) is 52.2 Å². The van der Waals surface area contributed by atoms with Gasteiger partial charge in [-0.05, 0) is 121 Å². The molecule has 0 aliphatic carbocycles. The first-order valence-electron chi connectivity index (χ1n) is 14.3. The van der Waals surface area contributed by atoms with E-state index in [1.54, 1.807) is 6.07 Å². The van der Waals surface area contributed by atoms with Gasteiger partial charge in [0.2, 0.25) is 5.95 Å². The van der Waals surface area contributed by atoms with Crippen molar-refractivity contribution in [1.82, 2.24) is 24.8 Å². The number of nitrogens with zero attached hydrogens (tertiary/aromatic N) is 5. The Morgan fingerprint density at radius 1 is 1.03 bits per heavy atom. The Morgan fingerprint density at radius 2 is 1.74 bits per heavy atom. The number of hydrogen-bond donors (Lipinski definition) is 2.